The summed E-state index contributed by atoms with van der Waals surface area (Å²) in [5, 5.41) is 3.95. The van der Waals surface area contributed by atoms with Crippen molar-refractivity contribution in [3.05, 3.63) is 48.9 Å². The summed E-state index contributed by atoms with van der Waals surface area (Å²) in [5.74, 6) is 2.01. The van der Waals surface area contributed by atoms with Crippen molar-refractivity contribution in [2.24, 2.45) is 0 Å². The number of aromatic nitrogens is 4. The molecule has 0 N–H and O–H groups in total. The van der Waals surface area contributed by atoms with Crippen molar-refractivity contribution in [3.8, 4) is 17.1 Å². The number of aryl methyl sites for hydroxylation is 1. The predicted octanol–water partition coefficient (Wildman–Crippen LogP) is 3.09. The van der Waals surface area contributed by atoms with Crippen LogP contribution in [0.1, 0.15) is 26.0 Å². The molecule has 0 saturated heterocycles. The first-order valence-electron chi connectivity index (χ1n) is 6.83. The molecule has 1 aromatic carbocycles. The van der Waals surface area contributed by atoms with E-state index in [1.54, 1.807) is 12.5 Å². The third-order valence-electron chi connectivity index (χ3n) is 3.13. The molecular formula is C15H16N4O2. The third kappa shape index (κ3) is 2.94. The lowest BCUT2D eigenvalue weighted by Crippen LogP contribution is -2.10. The second-order valence-corrected chi connectivity index (χ2v) is 4.62. The lowest BCUT2D eigenvalue weighted by atomic mass is 10.2. The van der Waals surface area contributed by atoms with Crippen LogP contribution in [-0.4, -0.2) is 19.7 Å². The van der Waals surface area contributed by atoms with Crippen LogP contribution < -0.4 is 4.74 Å². The molecule has 2 heterocycles. The molecule has 0 aliphatic rings. The van der Waals surface area contributed by atoms with Crippen molar-refractivity contribution in [3.63, 3.8) is 0 Å². The highest BCUT2D eigenvalue weighted by Gasteiger charge is 2.09. The van der Waals surface area contributed by atoms with Crippen LogP contribution in [0.2, 0.25) is 0 Å². The topological polar surface area (TPSA) is 66.0 Å². The molecule has 6 nitrogen and oxygen atoms in total. The monoisotopic (exact) mass is 284 g/mol. The van der Waals surface area contributed by atoms with Gasteiger partial charge in [-0.05, 0) is 31.2 Å². The summed E-state index contributed by atoms with van der Waals surface area (Å²) >= 11 is 0. The zero-order valence-corrected chi connectivity index (χ0v) is 11.9. The fourth-order valence-electron chi connectivity index (χ4n) is 1.94. The maximum atomic E-state index is 5.83. The van der Waals surface area contributed by atoms with Crippen LogP contribution in [0.3, 0.4) is 0 Å². The summed E-state index contributed by atoms with van der Waals surface area (Å²) in [7, 11) is 0. The number of ether oxygens (including phenoxy) is 1. The molecule has 0 bridgehead atoms. The standard InChI is InChI=1S/C15H16N4O2/c1-3-14-17-15(18-21-14)12-4-6-13(7-5-12)20-11(2)19-9-8-16-10-19/h4-11H,3H2,1-2H3. The Labute approximate surface area is 122 Å². The van der Waals surface area contributed by atoms with E-state index in [0.29, 0.717) is 11.7 Å². The summed E-state index contributed by atoms with van der Waals surface area (Å²) in [5.41, 5.74) is 0.904. The lowest BCUT2D eigenvalue weighted by molar-refractivity contribution is 0.152. The minimum atomic E-state index is -0.116. The molecule has 21 heavy (non-hydrogen) atoms. The number of benzene rings is 1. The van der Waals surface area contributed by atoms with E-state index >= 15 is 0 Å². The van der Waals surface area contributed by atoms with Crippen LogP contribution in [0, 0.1) is 0 Å². The van der Waals surface area contributed by atoms with E-state index in [0.717, 1.165) is 17.7 Å². The van der Waals surface area contributed by atoms with Gasteiger partial charge in [0.1, 0.15) is 5.75 Å². The maximum Gasteiger partial charge on any atom is 0.226 e. The summed E-state index contributed by atoms with van der Waals surface area (Å²) in [4.78, 5) is 8.30. The van der Waals surface area contributed by atoms with Gasteiger partial charge >= 0.3 is 0 Å². The van der Waals surface area contributed by atoms with Crippen LogP contribution in [0.4, 0.5) is 0 Å². The Hall–Kier alpha value is -2.63. The van der Waals surface area contributed by atoms with E-state index in [-0.39, 0.29) is 6.23 Å². The van der Waals surface area contributed by atoms with Crippen molar-refractivity contribution in [1.29, 1.82) is 0 Å². The van der Waals surface area contributed by atoms with Gasteiger partial charge in [0, 0.05) is 24.4 Å². The summed E-state index contributed by atoms with van der Waals surface area (Å²) in [6, 6.07) is 7.62. The van der Waals surface area contributed by atoms with Gasteiger partial charge in [-0.1, -0.05) is 12.1 Å². The molecule has 0 saturated carbocycles. The molecule has 0 fully saturated rings. The van der Waals surface area contributed by atoms with Crippen LogP contribution in [0.5, 0.6) is 5.75 Å². The van der Waals surface area contributed by atoms with Crippen LogP contribution in [0.15, 0.2) is 47.5 Å². The molecule has 0 radical (unpaired) electrons. The lowest BCUT2D eigenvalue weighted by Gasteiger charge is -2.15. The average molecular weight is 284 g/mol. The number of imidazole rings is 1. The van der Waals surface area contributed by atoms with Crippen LogP contribution in [-0.2, 0) is 6.42 Å². The van der Waals surface area contributed by atoms with Crippen molar-refractivity contribution in [1.82, 2.24) is 19.7 Å². The molecule has 0 aliphatic heterocycles. The quantitative estimate of drug-likeness (QED) is 0.720. The summed E-state index contributed by atoms with van der Waals surface area (Å²) < 4.78 is 12.8. The Kier molecular flexibility index (Phi) is 3.68. The molecule has 0 spiro atoms. The van der Waals surface area contributed by atoms with Gasteiger partial charge in [0.05, 0.1) is 6.33 Å². The van der Waals surface area contributed by atoms with Crippen LogP contribution in [0.25, 0.3) is 11.4 Å². The molecule has 3 rings (SSSR count). The molecule has 108 valence electrons. The van der Waals surface area contributed by atoms with Gasteiger partial charge in [0.2, 0.25) is 11.7 Å². The van der Waals surface area contributed by atoms with Crippen molar-refractivity contribution in [2.45, 2.75) is 26.5 Å². The number of rotatable bonds is 5. The highest BCUT2D eigenvalue weighted by Crippen LogP contribution is 2.22. The smallest absolute Gasteiger partial charge is 0.226 e. The van der Waals surface area contributed by atoms with Gasteiger partial charge in [-0.25, -0.2) is 4.98 Å². The van der Waals surface area contributed by atoms with Gasteiger partial charge in [0.15, 0.2) is 6.23 Å². The number of nitrogens with zero attached hydrogens (tertiary/aromatic N) is 4. The Morgan fingerprint density at radius 3 is 2.71 bits per heavy atom. The fourth-order valence-corrected chi connectivity index (χ4v) is 1.94. The highest BCUT2D eigenvalue weighted by molar-refractivity contribution is 5.55. The SMILES string of the molecule is CCc1nc(-c2ccc(OC(C)n3ccnc3)cc2)no1. The first-order chi connectivity index (χ1) is 10.3. The zero-order valence-electron chi connectivity index (χ0n) is 11.9. The summed E-state index contributed by atoms with van der Waals surface area (Å²) in [6.07, 6.45) is 5.94. The first-order valence-corrected chi connectivity index (χ1v) is 6.83. The van der Waals surface area contributed by atoms with Crippen molar-refractivity contribution in [2.75, 3.05) is 0 Å². The Bertz CT molecular complexity index is 689. The van der Waals surface area contributed by atoms with Gasteiger partial charge < -0.3 is 13.8 Å². The van der Waals surface area contributed by atoms with E-state index in [2.05, 4.69) is 15.1 Å². The first kappa shape index (κ1) is 13.4. The second-order valence-electron chi connectivity index (χ2n) is 4.62. The zero-order chi connectivity index (χ0) is 14.7. The molecule has 6 heteroatoms. The van der Waals surface area contributed by atoms with E-state index in [1.807, 2.05) is 48.9 Å². The second kappa shape index (κ2) is 5.78. The van der Waals surface area contributed by atoms with Crippen molar-refractivity contribution < 1.29 is 9.26 Å². The maximum absolute atomic E-state index is 5.83. The van der Waals surface area contributed by atoms with Gasteiger partial charge in [-0.3, -0.25) is 0 Å². The van der Waals surface area contributed by atoms with Crippen molar-refractivity contribution >= 4 is 0 Å². The molecule has 2 aromatic heterocycles. The molecule has 0 amide bonds. The van der Waals surface area contributed by atoms with Gasteiger partial charge in [0.25, 0.3) is 0 Å². The van der Waals surface area contributed by atoms with E-state index in [1.165, 1.54) is 0 Å². The molecule has 3 aromatic rings. The number of hydrogen-bond acceptors (Lipinski definition) is 5. The Morgan fingerprint density at radius 1 is 1.29 bits per heavy atom. The molecular weight excluding hydrogens is 268 g/mol. The van der Waals surface area contributed by atoms with Crippen LogP contribution >= 0.6 is 0 Å². The van der Waals surface area contributed by atoms with E-state index in [4.69, 9.17) is 9.26 Å². The average Bonchev–Trinajstić information content (AvgIpc) is 3.19. The van der Waals surface area contributed by atoms with Gasteiger partial charge in [-0.2, -0.15) is 4.98 Å². The highest BCUT2D eigenvalue weighted by atomic mass is 16.5. The fraction of sp³-hybridized carbons (Fsp3) is 0.267. The van der Waals surface area contributed by atoms with E-state index in [9.17, 15) is 0 Å². The minimum absolute atomic E-state index is 0.116. The minimum Gasteiger partial charge on any atom is -0.470 e. The predicted molar refractivity (Wildman–Crippen MR) is 76.7 cm³/mol. The summed E-state index contributed by atoms with van der Waals surface area (Å²) in [6.45, 7) is 3.94. The molecule has 1 atom stereocenters. The third-order valence-corrected chi connectivity index (χ3v) is 3.13. The van der Waals surface area contributed by atoms with Gasteiger partial charge in [-0.15, -0.1) is 0 Å². The number of hydrogen-bond donors (Lipinski definition) is 0. The van der Waals surface area contributed by atoms with E-state index < -0.39 is 0 Å². The Balaban J connectivity index is 1.72. The molecule has 1 unspecified atom stereocenters. The normalized spacial score (nSPS) is 12.3. The largest absolute Gasteiger partial charge is 0.470 e. The Morgan fingerprint density at radius 2 is 2.10 bits per heavy atom. The molecule has 0 aliphatic carbocycles.